The number of carbonyl (C=O) groups is 1. The van der Waals surface area contributed by atoms with Gasteiger partial charge >= 0.3 is 0 Å². The highest BCUT2D eigenvalue weighted by atomic mass is 16.2. The van der Waals surface area contributed by atoms with Gasteiger partial charge in [-0.1, -0.05) is 0 Å². The molecule has 3 rings (SSSR count). The molecule has 2 saturated heterocycles. The number of likely N-dealkylation sites (N-methyl/N-ethyl adjacent to an activating group) is 1. The number of rotatable bonds is 3. The zero-order valence-corrected chi connectivity index (χ0v) is 13.2. The van der Waals surface area contributed by atoms with Crippen LogP contribution in [0.3, 0.4) is 0 Å². The van der Waals surface area contributed by atoms with Gasteiger partial charge in [-0.05, 0) is 32.0 Å². The Labute approximate surface area is 131 Å². The van der Waals surface area contributed by atoms with Crippen molar-refractivity contribution in [3.8, 4) is 0 Å². The second-order valence-corrected chi connectivity index (χ2v) is 6.22. The van der Waals surface area contributed by atoms with Crippen LogP contribution in [0.15, 0.2) is 18.3 Å². The number of hydrogen-bond acceptors (Lipinski definition) is 5. The Kier molecular flexibility index (Phi) is 4.59. The number of aromatic nitrogens is 1. The van der Waals surface area contributed by atoms with Crippen LogP contribution in [0, 0.1) is 0 Å². The Morgan fingerprint density at radius 2 is 2.09 bits per heavy atom. The maximum Gasteiger partial charge on any atom is 0.254 e. The molecule has 2 aliphatic rings. The van der Waals surface area contributed by atoms with E-state index < -0.39 is 0 Å². The molecule has 2 fully saturated rings. The van der Waals surface area contributed by atoms with E-state index in [0.29, 0.717) is 6.54 Å². The molecule has 1 amide bonds. The molecule has 2 N–H and O–H groups in total. The predicted molar refractivity (Wildman–Crippen MR) is 87.1 cm³/mol. The van der Waals surface area contributed by atoms with Crippen molar-refractivity contribution in [3.63, 3.8) is 0 Å². The smallest absolute Gasteiger partial charge is 0.254 e. The molecule has 0 saturated carbocycles. The van der Waals surface area contributed by atoms with Gasteiger partial charge < -0.3 is 20.4 Å². The van der Waals surface area contributed by atoms with Crippen LogP contribution in [0.1, 0.15) is 23.2 Å². The number of nitrogens with zero attached hydrogens (tertiary/aromatic N) is 4. The van der Waals surface area contributed by atoms with E-state index in [2.05, 4.69) is 21.8 Å². The molecule has 22 heavy (non-hydrogen) atoms. The van der Waals surface area contributed by atoms with E-state index in [1.54, 1.807) is 6.20 Å². The van der Waals surface area contributed by atoms with Crippen molar-refractivity contribution in [2.45, 2.75) is 18.9 Å². The maximum atomic E-state index is 12.7. The normalized spacial score (nSPS) is 23.1. The van der Waals surface area contributed by atoms with Gasteiger partial charge in [0.05, 0.1) is 0 Å². The molecule has 0 radical (unpaired) electrons. The molecule has 6 heteroatoms. The highest BCUT2D eigenvalue weighted by Crippen LogP contribution is 2.21. The molecule has 1 atom stereocenters. The fourth-order valence-corrected chi connectivity index (χ4v) is 3.27. The number of carbonyl (C=O) groups excluding carboxylic acids is 1. The average molecular weight is 303 g/mol. The first-order valence-electron chi connectivity index (χ1n) is 8.09. The topological polar surface area (TPSA) is 65.7 Å². The number of anilines is 1. The molecule has 6 nitrogen and oxygen atoms in total. The Bertz CT molecular complexity index is 527. The molecular weight excluding hydrogens is 278 g/mol. The fraction of sp³-hybridized carbons (Fsp3) is 0.625. The van der Waals surface area contributed by atoms with Gasteiger partial charge in [0.25, 0.3) is 5.91 Å². The van der Waals surface area contributed by atoms with E-state index >= 15 is 0 Å². The molecule has 2 aliphatic heterocycles. The van der Waals surface area contributed by atoms with E-state index in [1.807, 2.05) is 17.0 Å². The third kappa shape index (κ3) is 3.08. The van der Waals surface area contributed by atoms with E-state index in [-0.39, 0.29) is 11.9 Å². The minimum Gasteiger partial charge on any atom is -0.354 e. The number of likely N-dealkylation sites (tertiary alicyclic amines) is 1. The summed E-state index contributed by atoms with van der Waals surface area (Å²) in [4.78, 5) is 23.6. The molecule has 0 spiro atoms. The van der Waals surface area contributed by atoms with Crippen LogP contribution in [-0.2, 0) is 0 Å². The lowest BCUT2D eigenvalue weighted by Crippen LogP contribution is -2.45. The Balaban J connectivity index is 1.74. The van der Waals surface area contributed by atoms with Gasteiger partial charge in [0, 0.05) is 57.1 Å². The zero-order valence-electron chi connectivity index (χ0n) is 13.2. The molecule has 120 valence electrons. The molecule has 1 aromatic rings. The molecule has 0 bridgehead atoms. The summed E-state index contributed by atoms with van der Waals surface area (Å²) in [5, 5.41) is 0. The molecule has 1 aromatic heterocycles. The minimum absolute atomic E-state index is 0.0886. The second kappa shape index (κ2) is 6.62. The van der Waals surface area contributed by atoms with Crippen LogP contribution in [0.4, 0.5) is 5.82 Å². The van der Waals surface area contributed by atoms with Crippen molar-refractivity contribution < 1.29 is 4.79 Å². The molecule has 3 heterocycles. The summed E-state index contributed by atoms with van der Waals surface area (Å²) in [7, 11) is 2.13. The molecular formula is C16H25N5O. The van der Waals surface area contributed by atoms with Crippen molar-refractivity contribution in [1.82, 2.24) is 14.8 Å². The zero-order chi connectivity index (χ0) is 15.5. The lowest BCUT2D eigenvalue weighted by atomic mass is 10.2. The third-order valence-electron chi connectivity index (χ3n) is 4.73. The standard InChI is InChI=1S/C16H25N5O/c1-19-7-9-20(10-8-19)15-11-13(4-5-18-15)16(22)21-6-2-3-14(21)12-17/h4-5,11,14H,2-3,6-10,12,17H2,1H3. The van der Waals surface area contributed by atoms with Gasteiger partial charge in [-0.25, -0.2) is 4.98 Å². The Hall–Kier alpha value is -1.66. The van der Waals surface area contributed by atoms with Crippen LogP contribution in [0.25, 0.3) is 0 Å². The van der Waals surface area contributed by atoms with Crippen molar-refractivity contribution in [1.29, 1.82) is 0 Å². The summed E-state index contributed by atoms with van der Waals surface area (Å²) in [5.41, 5.74) is 6.51. The SMILES string of the molecule is CN1CCN(c2cc(C(=O)N3CCCC3CN)ccn2)CC1. The number of nitrogens with two attached hydrogens (primary N) is 1. The first-order chi connectivity index (χ1) is 10.7. The van der Waals surface area contributed by atoms with Crippen molar-refractivity contribution in [3.05, 3.63) is 23.9 Å². The lowest BCUT2D eigenvalue weighted by Gasteiger charge is -2.33. The Morgan fingerprint density at radius 1 is 1.32 bits per heavy atom. The van der Waals surface area contributed by atoms with Crippen molar-refractivity contribution >= 4 is 11.7 Å². The van der Waals surface area contributed by atoms with Gasteiger partial charge in [-0.3, -0.25) is 4.79 Å². The first-order valence-corrected chi connectivity index (χ1v) is 8.09. The van der Waals surface area contributed by atoms with Crippen LogP contribution >= 0.6 is 0 Å². The third-order valence-corrected chi connectivity index (χ3v) is 4.73. The van der Waals surface area contributed by atoms with Gasteiger partial charge in [-0.15, -0.1) is 0 Å². The summed E-state index contributed by atoms with van der Waals surface area (Å²) in [6.07, 6.45) is 3.80. The lowest BCUT2D eigenvalue weighted by molar-refractivity contribution is 0.0741. The van der Waals surface area contributed by atoms with Crippen LogP contribution in [0.2, 0.25) is 0 Å². The summed E-state index contributed by atoms with van der Waals surface area (Å²) < 4.78 is 0. The fourth-order valence-electron chi connectivity index (χ4n) is 3.27. The average Bonchev–Trinajstić information content (AvgIpc) is 3.03. The number of piperazine rings is 1. The van der Waals surface area contributed by atoms with Gasteiger partial charge in [-0.2, -0.15) is 0 Å². The van der Waals surface area contributed by atoms with Gasteiger partial charge in [0.2, 0.25) is 0 Å². The van der Waals surface area contributed by atoms with Crippen molar-refractivity contribution in [2.75, 3.05) is 51.2 Å². The van der Waals surface area contributed by atoms with Crippen molar-refractivity contribution in [2.24, 2.45) is 5.73 Å². The molecule has 0 aromatic carbocycles. The number of hydrogen-bond donors (Lipinski definition) is 1. The van der Waals surface area contributed by atoms with Gasteiger partial charge in [0.1, 0.15) is 5.82 Å². The summed E-state index contributed by atoms with van der Waals surface area (Å²) in [6, 6.07) is 3.93. The van der Waals surface area contributed by atoms with E-state index in [9.17, 15) is 4.79 Å². The van der Waals surface area contributed by atoms with Crippen LogP contribution < -0.4 is 10.6 Å². The van der Waals surface area contributed by atoms with Crippen LogP contribution in [-0.4, -0.2) is 73.0 Å². The largest absolute Gasteiger partial charge is 0.354 e. The predicted octanol–water partition coefficient (Wildman–Crippen LogP) is 0.397. The number of amides is 1. The highest BCUT2D eigenvalue weighted by Gasteiger charge is 2.28. The van der Waals surface area contributed by atoms with Crippen LogP contribution in [0.5, 0.6) is 0 Å². The number of pyridine rings is 1. The van der Waals surface area contributed by atoms with E-state index in [0.717, 1.165) is 56.9 Å². The summed E-state index contributed by atoms with van der Waals surface area (Å²) in [6.45, 7) is 5.32. The monoisotopic (exact) mass is 303 g/mol. The van der Waals surface area contributed by atoms with E-state index in [1.165, 1.54) is 0 Å². The van der Waals surface area contributed by atoms with Gasteiger partial charge in [0.15, 0.2) is 0 Å². The molecule has 0 aliphatic carbocycles. The maximum absolute atomic E-state index is 12.7. The first kappa shape index (κ1) is 15.2. The highest BCUT2D eigenvalue weighted by molar-refractivity contribution is 5.95. The second-order valence-electron chi connectivity index (χ2n) is 6.22. The summed E-state index contributed by atoms with van der Waals surface area (Å²) >= 11 is 0. The van der Waals surface area contributed by atoms with E-state index in [4.69, 9.17) is 5.73 Å². The Morgan fingerprint density at radius 3 is 2.82 bits per heavy atom. The molecule has 1 unspecified atom stereocenters. The quantitative estimate of drug-likeness (QED) is 0.875. The minimum atomic E-state index is 0.0886. The summed E-state index contributed by atoms with van der Waals surface area (Å²) in [5.74, 6) is 0.994.